The summed E-state index contributed by atoms with van der Waals surface area (Å²) in [7, 11) is 0. The molecule has 0 spiro atoms. The molecule has 35 heavy (non-hydrogen) atoms. The molecule has 0 saturated carbocycles. The summed E-state index contributed by atoms with van der Waals surface area (Å²) >= 11 is 12.3. The Morgan fingerprint density at radius 1 is 1.06 bits per heavy atom. The van der Waals surface area contributed by atoms with E-state index in [1.807, 2.05) is 30.3 Å². The Hall–Kier alpha value is -2.87. The Bertz CT molecular complexity index is 1230. The number of carbonyl (C=O) groups excluding carboxylic acids is 1. The molecule has 182 valence electrons. The second kappa shape index (κ2) is 10.0. The standard InChI is InChI=1S/C26H27Cl2N5O2/c1-16-13-33(14-17(2)35-16)25-20-15-32(26(34)30-23-9-8-19(27)12-21(23)28)11-10-22(20)29-24(31-25)18-6-4-3-5-7-18/h3-9,12,16-17H,10-11,13-15H2,1-2H3,(H,30,34). The zero-order chi connectivity index (χ0) is 24.5. The quantitative estimate of drug-likeness (QED) is 0.491. The molecule has 1 N–H and O–H groups in total. The first-order valence-electron chi connectivity index (χ1n) is 11.7. The van der Waals surface area contributed by atoms with E-state index < -0.39 is 0 Å². The number of hydrogen-bond donors (Lipinski definition) is 1. The molecule has 3 aromatic rings. The van der Waals surface area contributed by atoms with Crippen LogP contribution in [-0.4, -0.2) is 52.7 Å². The van der Waals surface area contributed by atoms with Crippen molar-refractivity contribution >= 4 is 40.7 Å². The van der Waals surface area contributed by atoms with Crippen LogP contribution in [0.5, 0.6) is 0 Å². The maximum absolute atomic E-state index is 13.1. The fraction of sp³-hybridized carbons (Fsp3) is 0.346. The minimum absolute atomic E-state index is 0.0829. The summed E-state index contributed by atoms with van der Waals surface area (Å²) in [6, 6.07) is 14.8. The number of anilines is 2. The van der Waals surface area contributed by atoms with E-state index >= 15 is 0 Å². The Balaban J connectivity index is 1.47. The van der Waals surface area contributed by atoms with Gasteiger partial charge in [-0.05, 0) is 32.0 Å². The van der Waals surface area contributed by atoms with Crippen LogP contribution in [-0.2, 0) is 17.7 Å². The lowest BCUT2D eigenvalue weighted by Crippen LogP contribution is -2.47. The van der Waals surface area contributed by atoms with Gasteiger partial charge in [-0.2, -0.15) is 0 Å². The first-order chi connectivity index (χ1) is 16.9. The largest absolute Gasteiger partial charge is 0.372 e. The molecule has 0 radical (unpaired) electrons. The number of carbonyl (C=O) groups is 1. The molecule has 2 amide bonds. The summed E-state index contributed by atoms with van der Waals surface area (Å²) < 4.78 is 5.96. The second-order valence-electron chi connectivity index (χ2n) is 9.05. The molecule has 0 bridgehead atoms. The number of fused-ring (bicyclic) bond motifs is 1. The topological polar surface area (TPSA) is 70.6 Å². The van der Waals surface area contributed by atoms with E-state index in [4.69, 9.17) is 37.9 Å². The van der Waals surface area contributed by atoms with Crippen LogP contribution in [0.3, 0.4) is 0 Å². The average Bonchev–Trinajstić information content (AvgIpc) is 2.84. The zero-order valence-electron chi connectivity index (χ0n) is 19.7. The number of morpholine rings is 1. The molecule has 1 fully saturated rings. The van der Waals surface area contributed by atoms with Crippen LogP contribution >= 0.6 is 23.2 Å². The summed E-state index contributed by atoms with van der Waals surface area (Å²) in [5.41, 5.74) is 3.46. The minimum Gasteiger partial charge on any atom is -0.372 e. The molecular formula is C26H27Cl2N5O2. The van der Waals surface area contributed by atoms with Crippen molar-refractivity contribution < 1.29 is 9.53 Å². The van der Waals surface area contributed by atoms with Crippen molar-refractivity contribution in [1.29, 1.82) is 0 Å². The number of nitrogens with one attached hydrogen (secondary N) is 1. The van der Waals surface area contributed by atoms with Crippen LogP contribution in [0.25, 0.3) is 11.4 Å². The molecule has 9 heteroatoms. The van der Waals surface area contributed by atoms with E-state index in [1.54, 1.807) is 23.1 Å². The molecule has 2 aromatic carbocycles. The van der Waals surface area contributed by atoms with Gasteiger partial charge in [0.25, 0.3) is 0 Å². The maximum Gasteiger partial charge on any atom is 0.322 e. The molecule has 7 nitrogen and oxygen atoms in total. The van der Waals surface area contributed by atoms with Crippen LogP contribution < -0.4 is 10.2 Å². The van der Waals surface area contributed by atoms with Crippen molar-refractivity contribution in [1.82, 2.24) is 14.9 Å². The Labute approximate surface area is 215 Å². The van der Waals surface area contributed by atoms with E-state index in [0.29, 0.717) is 41.1 Å². The SMILES string of the molecule is CC1CN(c2nc(-c3ccccc3)nc3c2CN(C(=O)Nc2ccc(Cl)cc2Cl)CC3)CC(C)O1. The summed E-state index contributed by atoms with van der Waals surface area (Å²) in [5.74, 6) is 1.58. The highest BCUT2D eigenvalue weighted by atomic mass is 35.5. The highest BCUT2D eigenvalue weighted by Crippen LogP contribution is 2.32. The lowest BCUT2D eigenvalue weighted by molar-refractivity contribution is -0.00556. The van der Waals surface area contributed by atoms with Gasteiger partial charge in [-0.1, -0.05) is 53.5 Å². The molecule has 2 unspecified atom stereocenters. The van der Waals surface area contributed by atoms with Crippen molar-refractivity contribution in [2.24, 2.45) is 0 Å². The Kier molecular flexibility index (Phi) is 6.82. The highest BCUT2D eigenvalue weighted by molar-refractivity contribution is 6.36. The number of aromatic nitrogens is 2. The lowest BCUT2D eigenvalue weighted by Gasteiger charge is -2.39. The van der Waals surface area contributed by atoms with Gasteiger partial charge in [0.15, 0.2) is 5.82 Å². The van der Waals surface area contributed by atoms with Crippen molar-refractivity contribution in [2.45, 2.75) is 39.0 Å². The molecule has 1 aromatic heterocycles. The van der Waals surface area contributed by atoms with Gasteiger partial charge in [-0.3, -0.25) is 0 Å². The minimum atomic E-state index is -0.221. The predicted octanol–water partition coefficient (Wildman–Crippen LogP) is 5.65. The fourth-order valence-corrected chi connectivity index (χ4v) is 5.14. The van der Waals surface area contributed by atoms with E-state index in [1.165, 1.54) is 0 Å². The summed E-state index contributed by atoms with van der Waals surface area (Å²) in [6.45, 7) is 6.57. The van der Waals surface area contributed by atoms with Crippen molar-refractivity contribution in [3.05, 3.63) is 69.8 Å². The number of halogens is 2. The Morgan fingerprint density at radius 3 is 2.51 bits per heavy atom. The summed E-state index contributed by atoms with van der Waals surface area (Å²) in [4.78, 5) is 27.1. The van der Waals surface area contributed by atoms with Crippen molar-refractivity contribution in [3.63, 3.8) is 0 Å². The van der Waals surface area contributed by atoms with Crippen LogP contribution in [0.2, 0.25) is 10.0 Å². The monoisotopic (exact) mass is 511 g/mol. The maximum atomic E-state index is 13.1. The number of hydrogen-bond acceptors (Lipinski definition) is 5. The first-order valence-corrected chi connectivity index (χ1v) is 12.5. The molecule has 2 aliphatic rings. The average molecular weight is 512 g/mol. The van der Waals surface area contributed by atoms with Crippen molar-refractivity contribution in [3.8, 4) is 11.4 Å². The summed E-state index contributed by atoms with van der Waals surface area (Å²) in [5, 5.41) is 3.83. The number of ether oxygens (including phenoxy) is 1. The van der Waals surface area contributed by atoms with Crippen LogP contribution in [0.4, 0.5) is 16.3 Å². The predicted molar refractivity (Wildman–Crippen MR) is 139 cm³/mol. The van der Waals surface area contributed by atoms with E-state index in [-0.39, 0.29) is 18.2 Å². The van der Waals surface area contributed by atoms with Gasteiger partial charge < -0.3 is 19.9 Å². The molecule has 0 aliphatic carbocycles. The third-order valence-corrected chi connectivity index (χ3v) is 6.80. The van der Waals surface area contributed by atoms with Crippen LogP contribution in [0, 0.1) is 0 Å². The molecule has 1 saturated heterocycles. The third-order valence-electron chi connectivity index (χ3n) is 6.25. The smallest absolute Gasteiger partial charge is 0.322 e. The highest BCUT2D eigenvalue weighted by Gasteiger charge is 2.31. The molecule has 2 atom stereocenters. The molecule has 5 rings (SSSR count). The second-order valence-corrected chi connectivity index (χ2v) is 9.89. The van der Waals surface area contributed by atoms with E-state index in [9.17, 15) is 4.79 Å². The third kappa shape index (κ3) is 5.22. The molecule has 3 heterocycles. The normalized spacial score (nSPS) is 19.9. The number of urea groups is 1. The lowest BCUT2D eigenvalue weighted by atomic mass is 10.0. The van der Waals surface area contributed by atoms with Gasteiger partial charge in [-0.25, -0.2) is 14.8 Å². The summed E-state index contributed by atoms with van der Waals surface area (Å²) in [6.07, 6.45) is 0.807. The Morgan fingerprint density at radius 2 is 1.80 bits per heavy atom. The van der Waals surface area contributed by atoms with Gasteiger partial charge in [0, 0.05) is 42.2 Å². The van der Waals surface area contributed by atoms with Gasteiger partial charge in [-0.15, -0.1) is 0 Å². The molecule has 2 aliphatic heterocycles. The molecular weight excluding hydrogens is 485 g/mol. The van der Waals surface area contributed by atoms with Crippen LogP contribution in [0.15, 0.2) is 48.5 Å². The van der Waals surface area contributed by atoms with Gasteiger partial charge in [0.2, 0.25) is 0 Å². The van der Waals surface area contributed by atoms with Gasteiger partial charge in [0.1, 0.15) is 5.82 Å². The zero-order valence-corrected chi connectivity index (χ0v) is 21.2. The number of amides is 2. The fourth-order valence-electron chi connectivity index (χ4n) is 4.68. The number of rotatable bonds is 3. The van der Waals surface area contributed by atoms with Gasteiger partial charge in [0.05, 0.1) is 35.2 Å². The van der Waals surface area contributed by atoms with E-state index in [2.05, 4.69) is 24.1 Å². The van der Waals surface area contributed by atoms with Gasteiger partial charge >= 0.3 is 6.03 Å². The van der Waals surface area contributed by atoms with Crippen molar-refractivity contribution in [2.75, 3.05) is 29.9 Å². The van der Waals surface area contributed by atoms with Crippen LogP contribution in [0.1, 0.15) is 25.1 Å². The van der Waals surface area contributed by atoms with E-state index in [0.717, 1.165) is 35.7 Å². The first kappa shape index (κ1) is 23.9. The number of nitrogens with zero attached hydrogens (tertiary/aromatic N) is 4. The number of benzene rings is 2.